The lowest BCUT2D eigenvalue weighted by atomic mass is 10.1. The van der Waals surface area contributed by atoms with Gasteiger partial charge >= 0.3 is 0 Å². The minimum Gasteiger partial charge on any atom is -0.391 e. The van der Waals surface area contributed by atoms with E-state index >= 15 is 0 Å². The molecule has 0 radical (unpaired) electrons. The monoisotopic (exact) mass is 232 g/mol. The van der Waals surface area contributed by atoms with Gasteiger partial charge in [-0.2, -0.15) is 0 Å². The SMILES string of the molecule is O=C1Nc2ccccc2C(=O)N2C[C@H](O)CC12. The van der Waals surface area contributed by atoms with Crippen LogP contribution in [-0.4, -0.2) is 40.5 Å². The Kier molecular flexibility index (Phi) is 2.16. The summed E-state index contributed by atoms with van der Waals surface area (Å²) in [5.41, 5.74) is 1.03. The van der Waals surface area contributed by atoms with Crippen LogP contribution in [0.2, 0.25) is 0 Å². The molecule has 5 nitrogen and oxygen atoms in total. The van der Waals surface area contributed by atoms with Crippen molar-refractivity contribution >= 4 is 17.5 Å². The molecule has 2 aliphatic heterocycles. The van der Waals surface area contributed by atoms with Crippen molar-refractivity contribution in [3.05, 3.63) is 29.8 Å². The van der Waals surface area contributed by atoms with Crippen molar-refractivity contribution in [1.29, 1.82) is 0 Å². The number of para-hydroxylation sites is 1. The predicted molar refractivity (Wildman–Crippen MR) is 60.5 cm³/mol. The van der Waals surface area contributed by atoms with Crippen molar-refractivity contribution in [3.8, 4) is 0 Å². The third-order valence-corrected chi connectivity index (χ3v) is 3.26. The summed E-state index contributed by atoms with van der Waals surface area (Å²) in [7, 11) is 0. The standard InChI is InChI=1S/C12H12N2O3/c15-7-5-10-11(16)13-9-4-2-1-3-8(9)12(17)14(10)6-7/h1-4,7,10,15H,5-6H2,(H,13,16)/t7-,10?/m1/s1. The van der Waals surface area contributed by atoms with E-state index in [9.17, 15) is 14.7 Å². The molecule has 1 aromatic carbocycles. The molecule has 1 saturated heterocycles. The summed E-state index contributed by atoms with van der Waals surface area (Å²) < 4.78 is 0. The molecule has 0 aromatic heterocycles. The third-order valence-electron chi connectivity index (χ3n) is 3.26. The fourth-order valence-electron chi connectivity index (χ4n) is 2.44. The lowest BCUT2D eigenvalue weighted by Crippen LogP contribution is -2.40. The van der Waals surface area contributed by atoms with Gasteiger partial charge in [0, 0.05) is 13.0 Å². The van der Waals surface area contributed by atoms with Crippen LogP contribution in [0.25, 0.3) is 0 Å². The number of hydrogen-bond donors (Lipinski definition) is 2. The quantitative estimate of drug-likeness (QED) is 0.672. The molecule has 3 rings (SSSR count). The number of carbonyl (C=O) groups is 2. The Labute approximate surface area is 98.0 Å². The van der Waals surface area contributed by atoms with Crippen molar-refractivity contribution < 1.29 is 14.7 Å². The first-order valence-corrected chi connectivity index (χ1v) is 5.56. The van der Waals surface area contributed by atoms with E-state index in [1.54, 1.807) is 24.3 Å². The van der Waals surface area contributed by atoms with E-state index in [-0.39, 0.29) is 18.4 Å². The highest BCUT2D eigenvalue weighted by Gasteiger charge is 2.41. The van der Waals surface area contributed by atoms with Crippen LogP contribution >= 0.6 is 0 Å². The van der Waals surface area contributed by atoms with Crippen LogP contribution in [0.1, 0.15) is 16.8 Å². The molecule has 2 heterocycles. The van der Waals surface area contributed by atoms with E-state index in [2.05, 4.69) is 5.32 Å². The normalized spacial score (nSPS) is 27.2. The molecule has 0 saturated carbocycles. The predicted octanol–water partition coefficient (Wildman–Crippen LogP) is 0.214. The zero-order chi connectivity index (χ0) is 12.0. The minimum atomic E-state index is -0.611. The lowest BCUT2D eigenvalue weighted by molar-refractivity contribution is -0.119. The molecule has 2 amide bonds. The Morgan fingerprint density at radius 3 is 2.88 bits per heavy atom. The average molecular weight is 232 g/mol. The lowest BCUT2D eigenvalue weighted by Gasteiger charge is -2.19. The molecule has 5 heteroatoms. The zero-order valence-corrected chi connectivity index (χ0v) is 9.09. The molecule has 0 spiro atoms. The fraction of sp³-hybridized carbons (Fsp3) is 0.333. The number of amides is 2. The van der Waals surface area contributed by atoms with Gasteiger partial charge in [-0.3, -0.25) is 9.59 Å². The first-order chi connectivity index (χ1) is 8.16. The summed E-state index contributed by atoms with van der Waals surface area (Å²) in [4.78, 5) is 25.6. The topological polar surface area (TPSA) is 69.6 Å². The molecular weight excluding hydrogens is 220 g/mol. The van der Waals surface area contributed by atoms with Gasteiger partial charge in [0.2, 0.25) is 5.91 Å². The highest BCUT2D eigenvalue weighted by molar-refractivity contribution is 6.10. The van der Waals surface area contributed by atoms with Gasteiger partial charge in [-0.1, -0.05) is 12.1 Å². The second-order valence-electron chi connectivity index (χ2n) is 4.40. The number of nitrogens with zero attached hydrogens (tertiary/aromatic N) is 1. The Morgan fingerprint density at radius 1 is 1.29 bits per heavy atom. The molecule has 1 aromatic rings. The van der Waals surface area contributed by atoms with E-state index in [0.29, 0.717) is 17.7 Å². The van der Waals surface area contributed by atoms with Crippen LogP contribution in [0.3, 0.4) is 0 Å². The van der Waals surface area contributed by atoms with E-state index in [1.165, 1.54) is 4.90 Å². The van der Waals surface area contributed by atoms with Gasteiger partial charge in [0.15, 0.2) is 0 Å². The maximum atomic E-state index is 12.2. The van der Waals surface area contributed by atoms with Crippen molar-refractivity contribution in [2.45, 2.75) is 18.6 Å². The molecule has 88 valence electrons. The Morgan fingerprint density at radius 2 is 2.06 bits per heavy atom. The van der Waals surface area contributed by atoms with Gasteiger partial charge in [-0.15, -0.1) is 0 Å². The molecule has 2 aliphatic rings. The molecule has 17 heavy (non-hydrogen) atoms. The van der Waals surface area contributed by atoms with Crippen LogP contribution in [0.15, 0.2) is 24.3 Å². The van der Waals surface area contributed by atoms with Gasteiger partial charge in [0.25, 0.3) is 5.91 Å². The van der Waals surface area contributed by atoms with Gasteiger partial charge in [-0.25, -0.2) is 0 Å². The van der Waals surface area contributed by atoms with Crippen molar-refractivity contribution in [3.63, 3.8) is 0 Å². The number of nitrogens with one attached hydrogen (secondary N) is 1. The van der Waals surface area contributed by atoms with E-state index in [1.807, 2.05) is 0 Å². The van der Waals surface area contributed by atoms with Crippen LogP contribution < -0.4 is 5.32 Å². The minimum absolute atomic E-state index is 0.194. The number of anilines is 1. The van der Waals surface area contributed by atoms with Crippen LogP contribution in [0.4, 0.5) is 5.69 Å². The average Bonchev–Trinajstić information content (AvgIpc) is 2.67. The largest absolute Gasteiger partial charge is 0.391 e. The first kappa shape index (κ1) is 10.3. The molecule has 0 aliphatic carbocycles. The van der Waals surface area contributed by atoms with Gasteiger partial charge in [0.05, 0.1) is 17.4 Å². The van der Waals surface area contributed by atoms with Crippen LogP contribution in [0, 0.1) is 0 Å². The Balaban J connectivity index is 2.08. The maximum Gasteiger partial charge on any atom is 0.256 e. The molecule has 1 unspecified atom stereocenters. The van der Waals surface area contributed by atoms with Crippen molar-refractivity contribution in [2.75, 3.05) is 11.9 Å². The van der Waals surface area contributed by atoms with E-state index in [4.69, 9.17) is 0 Å². The highest BCUT2D eigenvalue weighted by atomic mass is 16.3. The summed E-state index contributed by atoms with van der Waals surface area (Å²) in [5.74, 6) is -0.416. The molecule has 0 bridgehead atoms. The highest BCUT2D eigenvalue weighted by Crippen LogP contribution is 2.28. The summed E-state index contributed by atoms with van der Waals surface area (Å²) in [6, 6.07) is 6.38. The van der Waals surface area contributed by atoms with Gasteiger partial charge < -0.3 is 15.3 Å². The van der Waals surface area contributed by atoms with Crippen molar-refractivity contribution in [2.24, 2.45) is 0 Å². The van der Waals surface area contributed by atoms with Crippen LogP contribution in [0.5, 0.6) is 0 Å². The molecule has 2 N–H and O–H groups in total. The number of hydrogen-bond acceptors (Lipinski definition) is 3. The van der Waals surface area contributed by atoms with Gasteiger partial charge in [-0.05, 0) is 12.1 Å². The van der Waals surface area contributed by atoms with E-state index in [0.717, 1.165) is 0 Å². The second kappa shape index (κ2) is 3.56. The number of benzene rings is 1. The number of fused-ring (bicyclic) bond motifs is 2. The van der Waals surface area contributed by atoms with Gasteiger partial charge in [0.1, 0.15) is 6.04 Å². The van der Waals surface area contributed by atoms with Crippen molar-refractivity contribution in [1.82, 2.24) is 4.90 Å². The zero-order valence-electron chi connectivity index (χ0n) is 9.09. The number of carbonyl (C=O) groups excluding carboxylic acids is 2. The third kappa shape index (κ3) is 1.51. The molecular formula is C12H12N2O3. The number of aliphatic hydroxyl groups excluding tert-OH is 1. The van der Waals surface area contributed by atoms with Crippen LogP contribution in [-0.2, 0) is 4.79 Å². The van der Waals surface area contributed by atoms with E-state index < -0.39 is 12.1 Å². The summed E-state index contributed by atoms with van der Waals surface area (Å²) in [5, 5.41) is 12.3. The number of rotatable bonds is 0. The number of aliphatic hydroxyl groups is 1. The smallest absolute Gasteiger partial charge is 0.256 e. The molecule has 1 fully saturated rings. The Hall–Kier alpha value is -1.88. The summed E-state index contributed by atoms with van der Waals surface area (Å²) in [6.45, 7) is 0.227. The molecule has 2 atom stereocenters. The maximum absolute atomic E-state index is 12.2. The first-order valence-electron chi connectivity index (χ1n) is 5.56. The summed E-state index contributed by atoms with van der Waals surface area (Å²) >= 11 is 0. The fourth-order valence-corrected chi connectivity index (χ4v) is 2.44. The second-order valence-corrected chi connectivity index (χ2v) is 4.40. The Bertz CT molecular complexity index is 500. The summed E-state index contributed by atoms with van der Waals surface area (Å²) in [6.07, 6.45) is -0.300.